The number of hydrogen-bond acceptors (Lipinski definition) is 5. The largest absolute Gasteiger partial charge is 0.497 e. The number of benzene rings is 3. The Hall–Kier alpha value is -2.44. The van der Waals surface area contributed by atoms with Gasteiger partial charge in [0, 0.05) is 48.1 Å². The van der Waals surface area contributed by atoms with Crippen molar-refractivity contribution in [3.8, 4) is 33.8 Å². The molecule has 180 valence electrons. The Labute approximate surface area is 223 Å². The molecule has 2 aromatic heterocycles. The number of thiophene rings is 2. The molecule has 0 atom stereocenters. The number of anilines is 1. The van der Waals surface area contributed by atoms with Gasteiger partial charge in [0.1, 0.15) is 20.2 Å². The van der Waals surface area contributed by atoms with Gasteiger partial charge >= 0.3 is 0 Å². The molecule has 0 bridgehead atoms. The fourth-order valence-corrected chi connectivity index (χ4v) is 7.20. The summed E-state index contributed by atoms with van der Waals surface area (Å²) in [6.45, 7) is 6.59. The summed E-state index contributed by atoms with van der Waals surface area (Å²) in [5, 5.41) is 2.10. The molecule has 0 radical (unpaired) electrons. The van der Waals surface area contributed by atoms with E-state index in [4.69, 9.17) is 38.4 Å². The number of hydrogen-bond donors (Lipinski definition) is 1. The Morgan fingerprint density at radius 3 is 1.51 bits per heavy atom. The van der Waals surface area contributed by atoms with Crippen molar-refractivity contribution in [2.75, 3.05) is 20.0 Å². The fraction of sp³-hybridized carbons (Fsp3) is 0.214. The molecular weight excluding hydrogens is 517 g/mol. The SMILES string of the molecule is COc1ccc2c(-c3cc(C(C)(C)C)cc(-c4c(Cl)sc5cc(OC)ccc45)c3N)c(Cl)sc2c1. The van der Waals surface area contributed by atoms with Crippen LogP contribution in [0.4, 0.5) is 5.69 Å². The van der Waals surface area contributed by atoms with Gasteiger partial charge in [0.15, 0.2) is 0 Å². The highest BCUT2D eigenvalue weighted by Gasteiger charge is 2.25. The third kappa shape index (κ3) is 4.15. The van der Waals surface area contributed by atoms with E-state index < -0.39 is 0 Å². The molecule has 2 heterocycles. The molecule has 3 nitrogen and oxygen atoms in total. The van der Waals surface area contributed by atoms with Gasteiger partial charge in [0.2, 0.25) is 0 Å². The normalized spacial score (nSPS) is 12.0. The molecule has 0 fully saturated rings. The molecular formula is C28H25Cl2NO2S2. The molecule has 3 aromatic carbocycles. The summed E-state index contributed by atoms with van der Waals surface area (Å²) in [6, 6.07) is 16.4. The van der Waals surface area contributed by atoms with Gasteiger partial charge in [0.05, 0.1) is 14.2 Å². The summed E-state index contributed by atoms with van der Waals surface area (Å²) in [6.07, 6.45) is 0. The van der Waals surface area contributed by atoms with Crippen LogP contribution in [-0.2, 0) is 5.41 Å². The number of nitrogens with two attached hydrogens (primary N) is 1. The van der Waals surface area contributed by atoms with Gasteiger partial charge in [-0.1, -0.05) is 44.0 Å². The van der Waals surface area contributed by atoms with Crippen LogP contribution in [0.1, 0.15) is 26.3 Å². The van der Waals surface area contributed by atoms with Gasteiger partial charge in [-0.2, -0.15) is 0 Å². The zero-order chi connectivity index (χ0) is 25.1. The standard InChI is InChI=1S/C28H25Cl2NO2S2/c1-28(2,3)14-10-19(23-17-8-6-15(32-4)12-21(17)34-26(23)29)25(31)20(11-14)24-18-9-7-16(33-5)13-22(18)35-27(24)30/h6-13H,31H2,1-5H3. The van der Waals surface area contributed by atoms with Crippen LogP contribution in [0.25, 0.3) is 42.4 Å². The van der Waals surface area contributed by atoms with Crippen molar-refractivity contribution in [3.05, 3.63) is 62.8 Å². The Bertz CT molecular complexity index is 1490. The molecule has 0 saturated heterocycles. The first-order valence-corrected chi connectivity index (χ1v) is 13.5. The second-order valence-electron chi connectivity index (χ2n) is 9.46. The first kappa shape index (κ1) is 24.3. The van der Waals surface area contributed by atoms with E-state index in [1.54, 1.807) is 14.2 Å². The Kier molecular flexibility index (Phi) is 6.17. The first-order valence-electron chi connectivity index (χ1n) is 11.1. The minimum absolute atomic E-state index is 0.111. The third-order valence-corrected chi connectivity index (χ3v) is 9.02. The molecule has 5 aromatic rings. The summed E-state index contributed by atoms with van der Waals surface area (Å²) in [4.78, 5) is 0. The van der Waals surface area contributed by atoms with Crippen LogP contribution >= 0.6 is 45.9 Å². The van der Waals surface area contributed by atoms with Crippen LogP contribution < -0.4 is 15.2 Å². The Morgan fingerprint density at radius 2 is 1.14 bits per heavy atom. The number of nitrogen functional groups attached to an aromatic ring is 1. The van der Waals surface area contributed by atoms with E-state index in [0.717, 1.165) is 59.5 Å². The minimum atomic E-state index is -0.111. The summed E-state index contributed by atoms with van der Waals surface area (Å²) >= 11 is 16.8. The first-order chi connectivity index (χ1) is 16.6. The second-order valence-corrected chi connectivity index (χ2v) is 12.8. The molecule has 0 spiro atoms. The molecule has 5 rings (SSSR count). The van der Waals surface area contributed by atoms with E-state index in [0.29, 0.717) is 14.4 Å². The quantitative estimate of drug-likeness (QED) is 0.230. The Morgan fingerprint density at radius 1 is 0.714 bits per heavy atom. The third-order valence-electron chi connectivity index (χ3n) is 6.29. The van der Waals surface area contributed by atoms with E-state index >= 15 is 0 Å². The molecule has 35 heavy (non-hydrogen) atoms. The number of ether oxygens (including phenoxy) is 2. The van der Waals surface area contributed by atoms with E-state index in [-0.39, 0.29) is 5.41 Å². The van der Waals surface area contributed by atoms with Gasteiger partial charge in [0.25, 0.3) is 0 Å². The monoisotopic (exact) mass is 541 g/mol. The molecule has 0 aliphatic rings. The van der Waals surface area contributed by atoms with Crippen LogP contribution in [0.3, 0.4) is 0 Å². The molecule has 0 unspecified atom stereocenters. The molecule has 0 saturated carbocycles. The maximum absolute atomic E-state index is 6.95. The zero-order valence-electron chi connectivity index (χ0n) is 20.1. The topological polar surface area (TPSA) is 44.5 Å². The summed E-state index contributed by atoms with van der Waals surface area (Å²) in [7, 11) is 3.33. The smallest absolute Gasteiger partial charge is 0.120 e. The zero-order valence-corrected chi connectivity index (χ0v) is 23.2. The van der Waals surface area contributed by atoms with Crippen LogP contribution in [0, 0.1) is 0 Å². The lowest BCUT2D eigenvalue weighted by molar-refractivity contribution is 0.415. The average molecular weight is 543 g/mol. The predicted molar refractivity (Wildman–Crippen MR) is 154 cm³/mol. The molecule has 0 amide bonds. The van der Waals surface area contributed by atoms with E-state index in [2.05, 4.69) is 32.9 Å². The highest BCUT2D eigenvalue weighted by Crippen LogP contribution is 2.51. The minimum Gasteiger partial charge on any atom is -0.497 e. The lowest BCUT2D eigenvalue weighted by Gasteiger charge is -2.23. The van der Waals surface area contributed by atoms with Crippen LogP contribution in [0.2, 0.25) is 8.67 Å². The summed E-state index contributed by atoms with van der Waals surface area (Å²) in [5.74, 6) is 1.59. The number of halogens is 2. The molecule has 2 N–H and O–H groups in total. The van der Waals surface area contributed by atoms with E-state index in [1.165, 1.54) is 22.7 Å². The summed E-state index contributed by atoms with van der Waals surface area (Å²) in [5.41, 5.74) is 12.4. The highest BCUT2D eigenvalue weighted by atomic mass is 35.5. The van der Waals surface area contributed by atoms with Crippen LogP contribution in [0.15, 0.2) is 48.5 Å². The highest BCUT2D eigenvalue weighted by molar-refractivity contribution is 7.24. The van der Waals surface area contributed by atoms with Crippen molar-refractivity contribution in [2.45, 2.75) is 26.2 Å². The van der Waals surface area contributed by atoms with Crippen molar-refractivity contribution in [3.63, 3.8) is 0 Å². The van der Waals surface area contributed by atoms with Crippen LogP contribution in [0.5, 0.6) is 11.5 Å². The lowest BCUT2D eigenvalue weighted by atomic mass is 9.82. The van der Waals surface area contributed by atoms with Crippen molar-refractivity contribution < 1.29 is 9.47 Å². The van der Waals surface area contributed by atoms with Gasteiger partial charge in [-0.15, -0.1) is 22.7 Å². The second kappa shape index (κ2) is 8.90. The number of methoxy groups -OCH3 is 2. The van der Waals surface area contributed by atoms with Gasteiger partial charge < -0.3 is 15.2 Å². The number of rotatable bonds is 4. The lowest BCUT2D eigenvalue weighted by Crippen LogP contribution is -2.12. The van der Waals surface area contributed by atoms with Crippen LogP contribution in [-0.4, -0.2) is 14.2 Å². The predicted octanol–water partition coefficient (Wildman–Crippen LogP) is 9.65. The fourth-order valence-electron chi connectivity index (χ4n) is 4.35. The van der Waals surface area contributed by atoms with Crippen molar-refractivity contribution in [1.82, 2.24) is 0 Å². The van der Waals surface area contributed by atoms with E-state index in [9.17, 15) is 0 Å². The molecule has 0 aliphatic carbocycles. The van der Waals surface area contributed by atoms with Gasteiger partial charge in [-0.25, -0.2) is 0 Å². The molecule has 7 heteroatoms. The van der Waals surface area contributed by atoms with Crippen molar-refractivity contribution in [1.29, 1.82) is 0 Å². The Balaban J connectivity index is 1.84. The van der Waals surface area contributed by atoms with Crippen molar-refractivity contribution >= 4 is 71.7 Å². The van der Waals surface area contributed by atoms with E-state index in [1.807, 2.05) is 36.4 Å². The summed E-state index contributed by atoms with van der Waals surface area (Å²) < 4.78 is 14.3. The van der Waals surface area contributed by atoms with Gasteiger partial charge in [-0.3, -0.25) is 0 Å². The maximum Gasteiger partial charge on any atom is 0.120 e. The molecule has 0 aliphatic heterocycles. The maximum atomic E-state index is 6.95. The van der Waals surface area contributed by atoms with Gasteiger partial charge in [-0.05, 0) is 59.5 Å². The number of fused-ring (bicyclic) bond motifs is 2. The average Bonchev–Trinajstić information content (AvgIpc) is 3.32. The van der Waals surface area contributed by atoms with Crippen molar-refractivity contribution in [2.24, 2.45) is 0 Å².